The van der Waals surface area contributed by atoms with Crippen LogP contribution in [0.15, 0.2) is 36.4 Å². The molecule has 0 saturated heterocycles. The molecule has 0 saturated carbocycles. The van der Waals surface area contributed by atoms with E-state index in [0.717, 1.165) is 0 Å². The number of ether oxygens (including phenoxy) is 1. The molecule has 0 aliphatic rings. The lowest BCUT2D eigenvalue weighted by molar-refractivity contribution is 0.0152. The minimum atomic E-state index is -0.0545. The average molecular weight is 190 g/mol. The van der Waals surface area contributed by atoms with Gasteiger partial charge in [-0.05, 0) is 26.3 Å². The van der Waals surface area contributed by atoms with Crippen molar-refractivity contribution >= 4 is 6.08 Å². The van der Waals surface area contributed by atoms with Gasteiger partial charge < -0.3 is 4.74 Å². The van der Waals surface area contributed by atoms with E-state index in [-0.39, 0.29) is 5.60 Å². The normalized spacial score (nSPS) is 12.2. The predicted molar refractivity (Wildman–Crippen MR) is 61.2 cm³/mol. The zero-order valence-electron chi connectivity index (χ0n) is 9.16. The fourth-order valence-electron chi connectivity index (χ4n) is 1.05. The lowest BCUT2D eigenvalue weighted by atomic mass is 10.2. The SMILES string of the molecule is CC(C)(C)OC/C=C/c1ccccc1. The third-order valence-electron chi connectivity index (χ3n) is 1.72. The molecule has 0 heterocycles. The second-order valence-corrected chi connectivity index (χ2v) is 4.24. The van der Waals surface area contributed by atoms with Gasteiger partial charge in [-0.3, -0.25) is 0 Å². The van der Waals surface area contributed by atoms with Crippen LogP contribution in [0.1, 0.15) is 26.3 Å². The maximum atomic E-state index is 5.56. The van der Waals surface area contributed by atoms with Crippen LogP contribution in [-0.4, -0.2) is 12.2 Å². The van der Waals surface area contributed by atoms with Crippen molar-refractivity contribution in [3.63, 3.8) is 0 Å². The van der Waals surface area contributed by atoms with Crippen LogP contribution in [0.4, 0.5) is 0 Å². The molecule has 0 aliphatic heterocycles. The summed E-state index contributed by atoms with van der Waals surface area (Å²) in [4.78, 5) is 0. The maximum absolute atomic E-state index is 5.56. The van der Waals surface area contributed by atoms with E-state index in [0.29, 0.717) is 6.61 Å². The first-order chi connectivity index (χ1) is 6.58. The second-order valence-electron chi connectivity index (χ2n) is 4.24. The Morgan fingerprint density at radius 1 is 1.14 bits per heavy atom. The van der Waals surface area contributed by atoms with Crippen molar-refractivity contribution in [3.8, 4) is 0 Å². The van der Waals surface area contributed by atoms with Crippen molar-refractivity contribution in [1.82, 2.24) is 0 Å². The zero-order valence-corrected chi connectivity index (χ0v) is 9.16. The number of hydrogen-bond acceptors (Lipinski definition) is 1. The Labute approximate surface area is 86.4 Å². The Kier molecular flexibility index (Phi) is 3.90. The Hall–Kier alpha value is -1.08. The minimum absolute atomic E-state index is 0.0545. The molecule has 0 fully saturated rings. The first kappa shape index (κ1) is 11.0. The van der Waals surface area contributed by atoms with Crippen molar-refractivity contribution in [1.29, 1.82) is 0 Å². The summed E-state index contributed by atoms with van der Waals surface area (Å²) in [6.45, 7) is 6.84. The van der Waals surface area contributed by atoms with E-state index in [2.05, 4.69) is 39.0 Å². The fourth-order valence-corrected chi connectivity index (χ4v) is 1.05. The summed E-state index contributed by atoms with van der Waals surface area (Å²) in [6, 6.07) is 10.2. The van der Waals surface area contributed by atoms with E-state index in [1.54, 1.807) is 0 Å². The van der Waals surface area contributed by atoms with Crippen LogP contribution >= 0.6 is 0 Å². The van der Waals surface area contributed by atoms with Crippen molar-refractivity contribution in [2.75, 3.05) is 6.61 Å². The molecule has 0 bridgehead atoms. The second kappa shape index (κ2) is 4.97. The Morgan fingerprint density at radius 2 is 1.79 bits per heavy atom. The molecule has 0 aromatic heterocycles. The van der Waals surface area contributed by atoms with Gasteiger partial charge in [-0.2, -0.15) is 0 Å². The number of hydrogen-bond donors (Lipinski definition) is 0. The molecule has 0 atom stereocenters. The lowest BCUT2D eigenvalue weighted by Crippen LogP contribution is -2.18. The number of rotatable bonds is 3. The van der Waals surface area contributed by atoms with Gasteiger partial charge in [0.25, 0.3) is 0 Å². The molecule has 0 N–H and O–H groups in total. The van der Waals surface area contributed by atoms with Gasteiger partial charge in [-0.1, -0.05) is 42.5 Å². The van der Waals surface area contributed by atoms with Gasteiger partial charge in [-0.25, -0.2) is 0 Å². The van der Waals surface area contributed by atoms with Crippen molar-refractivity contribution < 1.29 is 4.74 Å². The van der Waals surface area contributed by atoms with Gasteiger partial charge in [-0.15, -0.1) is 0 Å². The first-order valence-corrected chi connectivity index (χ1v) is 4.93. The molecule has 1 heteroatoms. The van der Waals surface area contributed by atoms with Gasteiger partial charge >= 0.3 is 0 Å². The molecule has 1 rings (SSSR count). The topological polar surface area (TPSA) is 9.23 Å². The molecule has 14 heavy (non-hydrogen) atoms. The quantitative estimate of drug-likeness (QED) is 0.708. The zero-order chi connectivity index (χ0) is 10.4. The third kappa shape index (κ3) is 4.83. The highest BCUT2D eigenvalue weighted by atomic mass is 16.5. The van der Waals surface area contributed by atoms with Gasteiger partial charge in [0.05, 0.1) is 12.2 Å². The molecule has 1 aromatic carbocycles. The smallest absolute Gasteiger partial charge is 0.0657 e. The first-order valence-electron chi connectivity index (χ1n) is 4.93. The highest BCUT2D eigenvalue weighted by molar-refractivity contribution is 5.48. The molecule has 1 nitrogen and oxygen atoms in total. The van der Waals surface area contributed by atoms with E-state index in [4.69, 9.17) is 4.74 Å². The van der Waals surface area contributed by atoms with E-state index in [1.165, 1.54) is 5.56 Å². The predicted octanol–water partition coefficient (Wildman–Crippen LogP) is 3.51. The minimum Gasteiger partial charge on any atom is -0.372 e. The van der Waals surface area contributed by atoms with E-state index in [9.17, 15) is 0 Å². The van der Waals surface area contributed by atoms with Crippen molar-refractivity contribution in [2.24, 2.45) is 0 Å². The highest BCUT2D eigenvalue weighted by Gasteiger charge is 2.07. The van der Waals surface area contributed by atoms with E-state index < -0.39 is 0 Å². The monoisotopic (exact) mass is 190 g/mol. The largest absolute Gasteiger partial charge is 0.372 e. The van der Waals surface area contributed by atoms with Crippen LogP contribution in [0, 0.1) is 0 Å². The van der Waals surface area contributed by atoms with Crippen LogP contribution in [0.25, 0.3) is 6.08 Å². The van der Waals surface area contributed by atoms with E-state index >= 15 is 0 Å². The molecule has 0 radical (unpaired) electrons. The Bertz CT molecular complexity index is 280. The summed E-state index contributed by atoms with van der Waals surface area (Å²) in [6.07, 6.45) is 4.12. The van der Waals surface area contributed by atoms with Crippen LogP contribution in [0.2, 0.25) is 0 Å². The fraction of sp³-hybridized carbons (Fsp3) is 0.385. The molecular weight excluding hydrogens is 172 g/mol. The van der Waals surface area contributed by atoms with Crippen molar-refractivity contribution in [3.05, 3.63) is 42.0 Å². The number of benzene rings is 1. The van der Waals surface area contributed by atoms with Gasteiger partial charge in [0, 0.05) is 0 Å². The van der Waals surface area contributed by atoms with Crippen molar-refractivity contribution in [2.45, 2.75) is 26.4 Å². The molecule has 1 aromatic rings. The van der Waals surface area contributed by atoms with Crippen LogP contribution < -0.4 is 0 Å². The summed E-state index contributed by atoms with van der Waals surface area (Å²) >= 11 is 0. The molecule has 0 amide bonds. The summed E-state index contributed by atoms with van der Waals surface area (Å²) < 4.78 is 5.56. The van der Waals surface area contributed by atoms with E-state index in [1.807, 2.05) is 24.3 Å². The highest BCUT2D eigenvalue weighted by Crippen LogP contribution is 2.07. The summed E-state index contributed by atoms with van der Waals surface area (Å²) in [5.74, 6) is 0. The van der Waals surface area contributed by atoms with Crippen LogP contribution in [0.3, 0.4) is 0 Å². The maximum Gasteiger partial charge on any atom is 0.0657 e. The Morgan fingerprint density at radius 3 is 2.36 bits per heavy atom. The molecule has 0 unspecified atom stereocenters. The summed E-state index contributed by atoms with van der Waals surface area (Å²) in [5, 5.41) is 0. The average Bonchev–Trinajstić information content (AvgIpc) is 2.13. The van der Waals surface area contributed by atoms with Crippen LogP contribution in [0.5, 0.6) is 0 Å². The van der Waals surface area contributed by atoms with Gasteiger partial charge in [0.2, 0.25) is 0 Å². The Balaban J connectivity index is 2.35. The molecular formula is C13H18O. The van der Waals surface area contributed by atoms with Gasteiger partial charge in [0.1, 0.15) is 0 Å². The molecule has 0 aliphatic carbocycles. The van der Waals surface area contributed by atoms with Gasteiger partial charge in [0.15, 0.2) is 0 Å². The van der Waals surface area contributed by atoms with Crippen LogP contribution in [-0.2, 0) is 4.74 Å². The summed E-state index contributed by atoms with van der Waals surface area (Å²) in [7, 11) is 0. The standard InChI is InChI=1S/C13H18O/c1-13(2,3)14-11-7-10-12-8-5-4-6-9-12/h4-10H,11H2,1-3H3/b10-7+. The summed E-state index contributed by atoms with van der Waals surface area (Å²) in [5.41, 5.74) is 1.16. The molecule has 0 spiro atoms. The molecule has 76 valence electrons. The lowest BCUT2D eigenvalue weighted by Gasteiger charge is -2.17. The third-order valence-corrected chi connectivity index (χ3v) is 1.72.